The van der Waals surface area contributed by atoms with Crippen molar-refractivity contribution in [3.8, 4) is 5.75 Å². The lowest BCUT2D eigenvalue weighted by Gasteiger charge is -2.04. The van der Waals surface area contributed by atoms with Crippen molar-refractivity contribution in [1.29, 1.82) is 0 Å². The van der Waals surface area contributed by atoms with E-state index >= 15 is 0 Å². The first-order chi connectivity index (χ1) is 7.17. The molecule has 0 aliphatic carbocycles. The number of aryl methyl sites for hydroxylation is 1. The summed E-state index contributed by atoms with van der Waals surface area (Å²) in [5.41, 5.74) is 7.03. The highest BCUT2D eigenvalue weighted by Crippen LogP contribution is 2.25. The van der Waals surface area contributed by atoms with Gasteiger partial charge in [-0.2, -0.15) is 0 Å². The maximum atomic E-state index is 13.3. The van der Waals surface area contributed by atoms with Crippen LogP contribution >= 0.6 is 0 Å². The van der Waals surface area contributed by atoms with E-state index in [1.54, 1.807) is 10.6 Å². The Balaban J connectivity index is 2.76. The van der Waals surface area contributed by atoms with Crippen LogP contribution in [-0.4, -0.2) is 16.7 Å². The monoisotopic (exact) mass is 209 g/mol. The number of aromatic nitrogens is 2. The molecule has 0 atom stereocenters. The number of hydrogen-bond acceptors (Lipinski definition) is 3. The molecule has 2 N–H and O–H groups in total. The standard InChI is InChI=1S/C10H12FN3O/c1-3-14-8-5-9(15-2)6(11)4-7(8)13-10(14)12/h4-5H,3H2,1-2H3,(H2,12,13). The predicted molar refractivity (Wildman–Crippen MR) is 56.3 cm³/mol. The van der Waals surface area contributed by atoms with Crippen LogP contribution in [0, 0.1) is 5.82 Å². The third-order valence-corrected chi connectivity index (χ3v) is 2.37. The Morgan fingerprint density at radius 3 is 2.87 bits per heavy atom. The van der Waals surface area contributed by atoms with Crippen LogP contribution in [0.1, 0.15) is 6.92 Å². The zero-order chi connectivity index (χ0) is 11.0. The number of hydrogen-bond donors (Lipinski definition) is 1. The maximum Gasteiger partial charge on any atom is 0.201 e. The average Bonchev–Trinajstić information content (AvgIpc) is 2.51. The van der Waals surface area contributed by atoms with E-state index in [-0.39, 0.29) is 5.75 Å². The SMILES string of the molecule is CCn1c(N)nc2cc(F)c(OC)cc21. The molecule has 0 amide bonds. The number of anilines is 1. The van der Waals surface area contributed by atoms with E-state index in [1.165, 1.54) is 13.2 Å². The highest BCUT2D eigenvalue weighted by Gasteiger charge is 2.11. The lowest BCUT2D eigenvalue weighted by Crippen LogP contribution is -2.00. The molecule has 1 aromatic carbocycles. The molecule has 2 rings (SSSR count). The van der Waals surface area contributed by atoms with E-state index in [0.29, 0.717) is 18.0 Å². The highest BCUT2D eigenvalue weighted by atomic mass is 19.1. The summed E-state index contributed by atoms with van der Waals surface area (Å²) in [5, 5.41) is 0. The molecule has 4 nitrogen and oxygen atoms in total. The quantitative estimate of drug-likeness (QED) is 0.820. The Labute approximate surface area is 86.5 Å². The molecule has 2 aromatic rings. The van der Waals surface area contributed by atoms with Gasteiger partial charge in [-0.15, -0.1) is 0 Å². The number of ether oxygens (including phenoxy) is 1. The predicted octanol–water partition coefficient (Wildman–Crippen LogP) is 1.79. The molecule has 0 spiro atoms. The number of nitrogens with zero attached hydrogens (tertiary/aromatic N) is 2. The summed E-state index contributed by atoms with van der Waals surface area (Å²) < 4.78 is 20.1. The van der Waals surface area contributed by atoms with Gasteiger partial charge in [0.15, 0.2) is 11.6 Å². The molecule has 0 aliphatic heterocycles. The zero-order valence-corrected chi connectivity index (χ0v) is 8.62. The van der Waals surface area contributed by atoms with Crippen molar-refractivity contribution < 1.29 is 9.13 Å². The summed E-state index contributed by atoms with van der Waals surface area (Å²) in [6, 6.07) is 2.94. The van der Waals surface area contributed by atoms with E-state index in [2.05, 4.69) is 4.98 Å². The Morgan fingerprint density at radius 1 is 1.53 bits per heavy atom. The molecule has 0 bridgehead atoms. The minimum Gasteiger partial charge on any atom is -0.494 e. The number of halogens is 1. The lowest BCUT2D eigenvalue weighted by atomic mass is 10.3. The van der Waals surface area contributed by atoms with Gasteiger partial charge in [-0.3, -0.25) is 0 Å². The molecule has 15 heavy (non-hydrogen) atoms. The first-order valence-corrected chi connectivity index (χ1v) is 4.66. The van der Waals surface area contributed by atoms with Crippen LogP contribution in [0.3, 0.4) is 0 Å². The topological polar surface area (TPSA) is 53.1 Å². The Morgan fingerprint density at radius 2 is 2.27 bits per heavy atom. The normalized spacial score (nSPS) is 10.9. The molecule has 0 unspecified atom stereocenters. The average molecular weight is 209 g/mol. The number of fused-ring (bicyclic) bond motifs is 1. The summed E-state index contributed by atoms with van der Waals surface area (Å²) in [6.45, 7) is 2.64. The minimum atomic E-state index is -0.425. The maximum absolute atomic E-state index is 13.3. The van der Waals surface area contributed by atoms with Gasteiger partial charge in [-0.05, 0) is 6.92 Å². The summed E-state index contributed by atoms with van der Waals surface area (Å²) in [6.07, 6.45) is 0. The Bertz CT molecular complexity index is 507. The third kappa shape index (κ3) is 1.40. The zero-order valence-electron chi connectivity index (χ0n) is 8.62. The summed E-state index contributed by atoms with van der Waals surface area (Å²) in [7, 11) is 1.43. The molecule has 0 saturated carbocycles. The molecule has 0 radical (unpaired) electrons. The van der Waals surface area contributed by atoms with Crippen LogP contribution in [-0.2, 0) is 6.54 Å². The molecule has 0 saturated heterocycles. The fourth-order valence-electron chi connectivity index (χ4n) is 1.63. The fraction of sp³-hybridized carbons (Fsp3) is 0.300. The van der Waals surface area contributed by atoms with Crippen LogP contribution in [0.25, 0.3) is 11.0 Å². The molecule has 0 aliphatic rings. The van der Waals surface area contributed by atoms with Crippen molar-refractivity contribution in [1.82, 2.24) is 9.55 Å². The van der Waals surface area contributed by atoms with Crippen molar-refractivity contribution in [2.24, 2.45) is 0 Å². The lowest BCUT2D eigenvalue weighted by molar-refractivity contribution is 0.387. The molecule has 0 fully saturated rings. The van der Waals surface area contributed by atoms with E-state index in [0.717, 1.165) is 5.52 Å². The van der Waals surface area contributed by atoms with Crippen LogP contribution in [0.2, 0.25) is 0 Å². The van der Waals surface area contributed by atoms with Crippen LogP contribution in [0.5, 0.6) is 5.75 Å². The van der Waals surface area contributed by atoms with Crippen molar-refractivity contribution >= 4 is 17.0 Å². The molecular weight excluding hydrogens is 197 g/mol. The number of nitrogen functional groups attached to an aromatic ring is 1. The second kappa shape index (κ2) is 3.42. The molecular formula is C10H12FN3O. The van der Waals surface area contributed by atoms with Crippen molar-refractivity contribution in [2.45, 2.75) is 13.5 Å². The van der Waals surface area contributed by atoms with Gasteiger partial charge in [0.1, 0.15) is 0 Å². The number of methoxy groups -OCH3 is 1. The highest BCUT2D eigenvalue weighted by molar-refractivity contribution is 5.80. The largest absolute Gasteiger partial charge is 0.494 e. The third-order valence-electron chi connectivity index (χ3n) is 2.37. The first-order valence-electron chi connectivity index (χ1n) is 4.66. The van der Waals surface area contributed by atoms with Gasteiger partial charge in [0.25, 0.3) is 0 Å². The second-order valence-electron chi connectivity index (χ2n) is 3.19. The van der Waals surface area contributed by atoms with Gasteiger partial charge in [-0.1, -0.05) is 0 Å². The van der Waals surface area contributed by atoms with E-state index in [4.69, 9.17) is 10.5 Å². The number of nitrogens with two attached hydrogens (primary N) is 1. The van der Waals surface area contributed by atoms with Crippen molar-refractivity contribution in [3.63, 3.8) is 0 Å². The molecule has 1 heterocycles. The molecule has 1 aromatic heterocycles. The van der Waals surface area contributed by atoms with Gasteiger partial charge in [0.2, 0.25) is 5.95 Å². The molecule has 5 heteroatoms. The van der Waals surface area contributed by atoms with E-state index < -0.39 is 5.82 Å². The van der Waals surface area contributed by atoms with E-state index in [9.17, 15) is 4.39 Å². The Hall–Kier alpha value is -1.78. The van der Waals surface area contributed by atoms with Crippen molar-refractivity contribution in [2.75, 3.05) is 12.8 Å². The smallest absolute Gasteiger partial charge is 0.201 e. The first kappa shape index (κ1) is 9.76. The number of rotatable bonds is 2. The van der Waals surface area contributed by atoms with Crippen molar-refractivity contribution in [3.05, 3.63) is 17.9 Å². The van der Waals surface area contributed by atoms with Crippen LogP contribution in [0.15, 0.2) is 12.1 Å². The van der Waals surface area contributed by atoms with Gasteiger partial charge in [0.05, 0.1) is 18.1 Å². The summed E-state index contributed by atoms with van der Waals surface area (Å²) in [4.78, 5) is 4.07. The van der Waals surface area contributed by atoms with Gasteiger partial charge in [-0.25, -0.2) is 9.37 Å². The number of benzene rings is 1. The van der Waals surface area contributed by atoms with E-state index in [1.807, 2.05) is 6.92 Å². The van der Waals surface area contributed by atoms with Gasteiger partial charge >= 0.3 is 0 Å². The van der Waals surface area contributed by atoms with Crippen LogP contribution < -0.4 is 10.5 Å². The summed E-state index contributed by atoms with van der Waals surface area (Å²) >= 11 is 0. The van der Waals surface area contributed by atoms with Gasteiger partial charge in [0, 0.05) is 18.7 Å². The van der Waals surface area contributed by atoms with Gasteiger partial charge < -0.3 is 15.0 Å². The molecule has 80 valence electrons. The van der Waals surface area contributed by atoms with Crippen LogP contribution in [0.4, 0.5) is 10.3 Å². The summed E-state index contributed by atoms with van der Waals surface area (Å²) in [5.74, 6) is 0.169. The fourth-order valence-corrected chi connectivity index (χ4v) is 1.63. The second-order valence-corrected chi connectivity index (χ2v) is 3.19. The minimum absolute atomic E-state index is 0.206. The Kier molecular flexibility index (Phi) is 2.22. The number of imidazole rings is 1.